The SMILES string of the molecule is [2H]c1c([2H])c([2H])c(-c2cc(F)cc(Br)c2)c([2H])c1[2H]. The number of benzene rings is 2. The van der Waals surface area contributed by atoms with Gasteiger partial charge in [-0.25, -0.2) is 4.39 Å². The summed E-state index contributed by atoms with van der Waals surface area (Å²) in [6.45, 7) is 0. The molecule has 0 heterocycles. The minimum atomic E-state index is -0.545. The molecule has 0 amide bonds. The second-order valence-corrected chi connectivity index (χ2v) is 3.57. The van der Waals surface area contributed by atoms with Gasteiger partial charge in [0.1, 0.15) is 5.82 Å². The van der Waals surface area contributed by atoms with E-state index in [1.165, 1.54) is 12.1 Å². The van der Waals surface area contributed by atoms with Crippen LogP contribution >= 0.6 is 15.9 Å². The zero-order valence-electron chi connectivity index (χ0n) is 12.0. The Balaban J connectivity index is 2.82. The Morgan fingerprint density at radius 3 is 2.36 bits per heavy atom. The fourth-order valence-corrected chi connectivity index (χ4v) is 1.56. The first-order valence-corrected chi connectivity index (χ1v) is 4.65. The predicted molar refractivity (Wildman–Crippen MR) is 59.5 cm³/mol. The highest BCUT2D eigenvalue weighted by Gasteiger charge is 2.00. The van der Waals surface area contributed by atoms with Crippen molar-refractivity contribution in [3.05, 3.63) is 58.7 Å². The van der Waals surface area contributed by atoms with Crippen LogP contribution in [0.4, 0.5) is 4.39 Å². The van der Waals surface area contributed by atoms with Gasteiger partial charge in [0.2, 0.25) is 0 Å². The van der Waals surface area contributed by atoms with Crippen molar-refractivity contribution < 1.29 is 11.2 Å². The second kappa shape index (κ2) is 3.93. The highest BCUT2D eigenvalue weighted by molar-refractivity contribution is 9.10. The molecule has 2 rings (SSSR count). The molecule has 14 heavy (non-hydrogen) atoms. The zero-order valence-corrected chi connectivity index (χ0v) is 8.57. The molecule has 0 spiro atoms. The van der Waals surface area contributed by atoms with Gasteiger partial charge in [0.05, 0.1) is 6.85 Å². The van der Waals surface area contributed by atoms with Gasteiger partial charge < -0.3 is 0 Å². The van der Waals surface area contributed by atoms with Crippen molar-refractivity contribution in [2.75, 3.05) is 0 Å². The molecular weight excluding hydrogens is 243 g/mol. The highest BCUT2D eigenvalue weighted by Crippen LogP contribution is 2.24. The van der Waals surface area contributed by atoms with E-state index < -0.39 is 23.9 Å². The van der Waals surface area contributed by atoms with Crippen LogP contribution in [0, 0.1) is 5.82 Å². The Hall–Kier alpha value is -1.15. The molecule has 0 N–H and O–H groups in total. The average molecular weight is 256 g/mol. The molecule has 70 valence electrons. The number of rotatable bonds is 1. The molecule has 0 saturated carbocycles. The molecule has 0 saturated heterocycles. The van der Waals surface area contributed by atoms with E-state index >= 15 is 0 Å². The van der Waals surface area contributed by atoms with E-state index in [1.54, 1.807) is 0 Å². The molecule has 0 nitrogen and oxygen atoms in total. The van der Waals surface area contributed by atoms with Gasteiger partial charge in [0, 0.05) is 4.47 Å². The highest BCUT2D eigenvalue weighted by atomic mass is 79.9. The molecule has 0 atom stereocenters. The normalized spacial score (nSPS) is 15.1. The Morgan fingerprint density at radius 2 is 1.71 bits per heavy atom. The quantitative estimate of drug-likeness (QED) is 0.715. The molecule has 2 aromatic rings. The van der Waals surface area contributed by atoms with Gasteiger partial charge in [-0.15, -0.1) is 0 Å². The van der Waals surface area contributed by atoms with Crippen LogP contribution in [0.3, 0.4) is 0 Å². The monoisotopic (exact) mass is 255 g/mol. The lowest BCUT2D eigenvalue weighted by Crippen LogP contribution is -1.80. The van der Waals surface area contributed by atoms with E-state index in [9.17, 15) is 4.39 Å². The summed E-state index contributed by atoms with van der Waals surface area (Å²) in [7, 11) is 0. The van der Waals surface area contributed by atoms with E-state index in [0.717, 1.165) is 6.07 Å². The fourth-order valence-electron chi connectivity index (χ4n) is 1.09. The maximum Gasteiger partial charge on any atom is 0.124 e. The predicted octanol–water partition coefficient (Wildman–Crippen LogP) is 4.26. The molecule has 2 aromatic carbocycles. The van der Waals surface area contributed by atoms with Crippen molar-refractivity contribution in [3.8, 4) is 11.1 Å². The van der Waals surface area contributed by atoms with Crippen molar-refractivity contribution in [3.63, 3.8) is 0 Å². The number of halogens is 2. The van der Waals surface area contributed by atoms with Gasteiger partial charge in [0.15, 0.2) is 0 Å². The second-order valence-electron chi connectivity index (χ2n) is 2.66. The first-order valence-electron chi connectivity index (χ1n) is 6.36. The van der Waals surface area contributed by atoms with E-state index in [-0.39, 0.29) is 23.2 Å². The van der Waals surface area contributed by atoms with Crippen molar-refractivity contribution in [1.29, 1.82) is 0 Å². The van der Waals surface area contributed by atoms with Crippen LogP contribution < -0.4 is 0 Å². The van der Waals surface area contributed by atoms with Crippen LogP contribution in [-0.2, 0) is 0 Å². The molecule has 0 aliphatic carbocycles. The maximum absolute atomic E-state index is 13.4. The largest absolute Gasteiger partial charge is 0.207 e. The van der Waals surface area contributed by atoms with Gasteiger partial charge >= 0.3 is 0 Å². The molecule has 2 heteroatoms. The first kappa shape index (κ1) is 5.08. The van der Waals surface area contributed by atoms with Crippen molar-refractivity contribution >= 4 is 15.9 Å². The summed E-state index contributed by atoms with van der Waals surface area (Å²) in [5.74, 6) is -0.545. The minimum absolute atomic E-state index is 0.00815. The van der Waals surface area contributed by atoms with Crippen LogP contribution in [0.25, 0.3) is 11.1 Å². The van der Waals surface area contributed by atoms with E-state index in [2.05, 4.69) is 15.9 Å². The van der Waals surface area contributed by atoms with Crippen LogP contribution in [0.5, 0.6) is 0 Å². The summed E-state index contributed by atoms with van der Waals surface area (Å²) >= 11 is 3.12. The van der Waals surface area contributed by atoms with E-state index in [4.69, 9.17) is 6.85 Å². The third kappa shape index (κ3) is 2.02. The van der Waals surface area contributed by atoms with Gasteiger partial charge in [0.25, 0.3) is 0 Å². The first-order chi connectivity index (χ1) is 8.82. The van der Waals surface area contributed by atoms with Crippen LogP contribution in [-0.4, -0.2) is 0 Å². The summed E-state index contributed by atoms with van der Waals surface area (Å²) in [5, 5.41) is 0. The Bertz CT molecular complexity index is 622. The molecular formula is C12H8BrF. The van der Waals surface area contributed by atoms with Crippen molar-refractivity contribution in [2.24, 2.45) is 0 Å². The van der Waals surface area contributed by atoms with Gasteiger partial charge in [-0.3, -0.25) is 0 Å². The van der Waals surface area contributed by atoms with Crippen molar-refractivity contribution in [2.45, 2.75) is 0 Å². The van der Waals surface area contributed by atoms with Crippen LogP contribution in [0.2, 0.25) is 0 Å². The molecule has 0 bridgehead atoms. The lowest BCUT2D eigenvalue weighted by atomic mass is 10.1. The van der Waals surface area contributed by atoms with Gasteiger partial charge in [-0.2, -0.15) is 0 Å². The molecule has 0 fully saturated rings. The number of hydrogen-bond acceptors (Lipinski definition) is 0. The van der Waals surface area contributed by atoms with Gasteiger partial charge in [-0.1, -0.05) is 46.1 Å². The summed E-state index contributed by atoms with van der Waals surface area (Å²) in [4.78, 5) is 0. The lowest BCUT2D eigenvalue weighted by Gasteiger charge is -2.02. The standard InChI is InChI=1S/C12H8BrF/c13-11-6-10(7-12(14)8-11)9-4-2-1-3-5-9/h1-8H/i1D,2D,3D,4D,5D. The fraction of sp³-hybridized carbons (Fsp3) is 0. The summed E-state index contributed by atoms with van der Waals surface area (Å²) in [5.41, 5.74) is 0.232. The average Bonchev–Trinajstić information content (AvgIpc) is 2.33. The Kier molecular flexibility index (Phi) is 1.42. The summed E-state index contributed by atoms with van der Waals surface area (Å²) in [6.07, 6.45) is 0. The summed E-state index contributed by atoms with van der Waals surface area (Å²) < 4.78 is 52.1. The molecule has 0 aliphatic rings. The van der Waals surface area contributed by atoms with E-state index in [0.29, 0.717) is 4.47 Å². The third-order valence-electron chi connectivity index (χ3n) is 1.65. The van der Waals surface area contributed by atoms with E-state index in [1.807, 2.05) is 0 Å². The van der Waals surface area contributed by atoms with Gasteiger partial charge in [-0.05, 0) is 29.3 Å². The topological polar surface area (TPSA) is 0 Å². The van der Waals surface area contributed by atoms with Crippen molar-refractivity contribution in [1.82, 2.24) is 0 Å². The molecule has 0 radical (unpaired) electrons. The summed E-state index contributed by atoms with van der Waals surface area (Å²) in [6, 6.07) is 1.86. The van der Waals surface area contributed by atoms with Crippen LogP contribution in [0.15, 0.2) is 52.9 Å². The molecule has 0 aliphatic heterocycles. The minimum Gasteiger partial charge on any atom is -0.207 e. The molecule has 0 aromatic heterocycles. The molecule has 0 unspecified atom stereocenters. The van der Waals surface area contributed by atoms with Crippen LogP contribution in [0.1, 0.15) is 6.85 Å². The zero-order chi connectivity index (χ0) is 14.3. The lowest BCUT2D eigenvalue weighted by molar-refractivity contribution is 0.627. The number of hydrogen-bond donors (Lipinski definition) is 0. The Labute approximate surface area is 97.5 Å². The smallest absolute Gasteiger partial charge is 0.124 e. The third-order valence-corrected chi connectivity index (χ3v) is 2.11. The Morgan fingerprint density at radius 1 is 1.00 bits per heavy atom. The maximum atomic E-state index is 13.4.